The smallest absolute Gasteiger partial charge is 0.321 e. The van der Waals surface area contributed by atoms with Crippen LogP contribution in [0.3, 0.4) is 0 Å². The van der Waals surface area contributed by atoms with E-state index in [-0.39, 0.29) is 18.2 Å². The van der Waals surface area contributed by atoms with E-state index in [1.807, 2.05) is 44.2 Å². The van der Waals surface area contributed by atoms with Crippen LogP contribution in [0.5, 0.6) is 5.75 Å². The average Bonchev–Trinajstić information content (AvgIpc) is 2.51. The average molecular weight is 340 g/mol. The predicted molar refractivity (Wildman–Crippen MR) is 103 cm³/mol. The number of benzene rings is 2. The lowest BCUT2D eigenvalue weighted by atomic mass is 9.85. The Morgan fingerprint density at radius 3 is 2.36 bits per heavy atom. The van der Waals surface area contributed by atoms with E-state index in [2.05, 4.69) is 44.4 Å². The topological polar surface area (TPSA) is 50.4 Å². The van der Waals surface area contributed by atoms with E-state index in [1.165, 1.54) is 11.1 Å². The minimum Gasteiger partial charge on any atom is -0.473 e. The van der Waals surface area contributed by atoms with Gasteiger partial charge in [-0.3, -0.25) is 0 Å². The molecule has 0 bridgehead atoms. The Bertz CT molecular complexity index is 761. The highest BCUT2D eigenvalue weighted by Crippen LogP contribution is 2.31. The lowest BCUT2D eigenvalue weighted by Crippen LogP contribution is -2.32. The molecule has 2 aromatic rings. The maximum absolute atomic E-state index is 12.0. The Labute approximate surface area is 150 Å². The number of carbonyl (C=O) groups excluding carboxylic acids is 1. The van der Waals surface area contributed by atoms with Crippen molar-refractivity contribution in [3.63, 3.8) is 0 Å². The molecule has 134 valence electrons. The second-order valence-electron chi connectivity index (χ2n) is 7.47. The first-order valence-electron chi connectivity index (χ1n) is 8.53. The van der Waals surface area contributed by atoms with Gasteiger partial charge in [-0.2, -0.15) is 0 Å². The molecule has 0 heterocycles. The van der Waals surface area contributed by atoms with Gasteiger partial charge in [0, 0.05) is 5.69 Å². The lowest BCUT2D eigenvalue weighted by Gasteiger charge is -2.23. The SMILES string of the molecule is Cc1ccc(OCNC(=O)Nc2ccc(C)c(C)c2)c(C(C)(C)C)c1. The van der Waals surface area contributed by atoms with Crippen LogP contribution in [-0.4, -0.2) is 12.8 Å². The quantitative estimate of drug-likeness (QED) is 0.764. The monoisotopic (exact) mass is 340 g/mol. The van der Waals surface area contributed by atoms with Gasteiger partial charge in [0.15, 0.2) is 6.73 Å². The second kappa shape index (κ2) is 7.60. The summed E-state index contributed by atoms with van der Waals surface area (Å²) in [6.45, 7) is 12.7. The Morgan fingerprint density at radius 1 is 1.00 bits per heavy atom. The number of aryl methyl sites for hydroxylation is 3. The van der Waals surface area contributed by atoms with Crippen LogP contribution in [0.1, 0.15) is 43.0 Å². The maximum atomic E-state index is 12.0. The normalized spacial score (nSPS) is 11.1. The third kappa shape index (κ3) is 5.24. The van der Waals surface area contributed by atoms with Gasteiger partial charge in [-0.05, 0) is 61.1 Å². The van der Waals surface area contributed by atoms with Gasteiger partial charge in [0.1, 0.15) is 5.75 Å². The van der Waals surface area contributed by atoms with Gasteiger partial charge in [0.2, 0.25) is 0 Å². The van der Waals surface area contributed by atoms with Gasteiger partial charge < -0.3 is 15.4 Å². The Balaban J connectivity index is 1.94. The fourth-order valence-corrected chi connectivity index (χ4v) is 2.53. The predicted octanol–water partition coefficient (Wildman–Crippen LogP) is 5.07. The van der Waals surface area contributed by atoms with Crippen molar-refractivity contribution in [3.8, 4) is 5.75 Å². The minimum absolute atomic E-state index is 0.0248. The summed E-state index contributed by atoms with van der Waals surface area (Å²) in [7, 11) is 0. The first kappa shape index (κ1) is 18.8. The molecule has 2 aromatic carbocycles. The minimum atomic E-state index is -0.285. The molecule has 0 unspecified atom stereocenters. The van der Waals surface area contributed by atoms with Crippen molar-refractivity contribution in [2.45, 2.75) is 47.0 Å². The van der Waals surface area contributed by atoms with Crippen molar-refractivity contribution < 1.29 is 9.53 Å². The van der Waals surface area contributed by atoms with Gasteiger partial charge in [0.05, 0.1) is 0 Å². The summed E-state index contributed by atoms with van der Waals surface area (Å²) in [6, 6.07) is 11.6. The summed E-state index contributed by atoms with van der Waals surface area (Å²) < 4.78 is 5.80. The molecule has 4 heteroatoms. The van der Waals surface area contributed by atoms with E-state index >= 15 is 0 Å². The molecule has 4 nitrogen and oxygen atoms in total. The first-order chi connectivity index (χ1) is 11.7. The van der Waals surface area contributed by atoms with Crippen LogP contribution in [0.4, 0.5) is 10.5 Å². The molecule has 0 aromatic heterocycles. The van der Waals surface area contributed by atoms with E-state index in [0.29, 0.717) is 0 Å². The largest absolute Gasteiger partial charge is 0.473 e. The molecule has 2 rings (SSSR count). The summed E-state index contributed by atoms with van der Waals surface area (Å²) in [6.07, 6.45) is 0. The highest BCUT2D eigenvalue weighted by molar-refractivity contribution is 5.89. The second-order valence-corrected chi connectivity index (χ2v) is 7.47. The van der Waals surface area contributed by atoms with Crippen molar-refractivity contribution in [3.05, 3.63) is 58.7 Å². The number of hydrogen-bond donors (Lipinski definition) is 2. The van der Waals surface area contributed by atoms with Crippen molar-refractivity contribution in [2.24, 2.45) is 0 Å². The zero-order chi connectivity index (χ0) is 18.6. The summed E-state index contributed by atoms with van der Waals surface area (Å²) in [5.74, 6) is 0.796. The van der Waals surface area contributed by atoms with E-state index in [1.54, 1.807) is 0 Å². The summed E-state index contributed by atoms with van der Waals surface area (Å²) >= 11 is 0. The molecule has 2 amide bonds. The van der Waals surface area contributed by atoms with Gasteiger partial charge in [-0.1, -0.05) is 44.5 Å². The molecular weight excluding hydrogens is 312 g/mol. The fourth-order valence-electron chi connectivity index (χ4n) is 2.53. The number of anilines is 1. The molecule has 0 saturated carbocycles. The molecule has 0 aliphatic heterocycles. The highest BCUT2D eigenvalue weighted by Gasteiger charge is 2.19. The van der Waals surface area contributed by atoms with Crippen LogP contribution in [0, 0.1) is 20.8 Å². The van der Waals surface area contributed by atoms with Gasteiger partial charge in [-0.25, -0.2) is 4.79 Å². The Hall–Kier alpha value is -2.49. The summed E-state index contributed by atoms with van der Waals surface area (Å²) in [5.41, 5.74) is 5.41. The van der Waals surface area contributed by atoms with E-state index in [9.17, 15) is 4.79 Å². The van der Waals surface area contributed by atoms with Crippen molar-refractivity contribution in [1.82, 2.24) is 5.32 Å². The van der Waals surface area contributed by atoms with E-state index in [4.69, 9.17) is 4.74 Å². The van der Waals surface area contributed by atoms with Crippen molar-refractivity contribution >= 4 is 11.7 Å². The number of carbonyl (C=O) groups is 1. The standard InChI is InChI=1S/C21H28N2O2/c1-14-7-10-19(18(11-14)21(4,5)6)25-13-22-20(24)23-17-9-8-15(2)16(3)12-17/h7-12H,13H2,1-6H3,(H2,22,23,24). The zero-order valence-electron chi connectivity index (χ0n) is 16.0. The molecule has 0 aliphatic rings. The van der Waals surface area contributed by atoms with E-state index < -0.39 is 0 Å². The number of ether oxygens (including phenoxy) is 1. The van der Waals surface area contributed by atoms with Crippen LogP contribution in [0.15, 0.2) is 36.4 Å². The molecule has 25 heavy (non-hydrogen) atoms. The van der Waals surface area contributed by atoms with Crippen molar-refractivity contribution in [2.75, 3.05) is 12.0 Å². The molecule has 0 atom stereocenters. The van der Waals surface area contributed by atoms with Gasteiger partial charge in [-0.15, -0.1) is 0 Å². The third-order valence-electron chi connectivity index (χ3n) is 4.17. The van der Waals surface area contributed by atoms with Crippen molar-refractivity contribution in [1.29, 1.82) is 0 Å². The number of urea groups is 1. The van der Waals surface area contributed by atoms with Crippen LogP contribution >= 0.6 is 0 Å². The lowest BCUT2D eigenvalue weighted by molar-refractivity contribution is 0.233. The van der Waals surface area contributed by atoms with Crippen LogP contribution in [0.25, 0.3) is 0 Å². The number of amides is 2. The van der Waals surface area contributed by atoms with Gasteiger partial charge in [0.25, 0.3) is 0 Å². The third-order valence-corrected chi connectivity index (χ3v) is 4.17. The molecule has 0 aliphatic carbocycles. The molecule has 0 saturated heterocycles. The first-order valence-corrected chi connectivity index (χ1v) is 8.53. The molecule has 0 spiro atoms. The molecular formula is C21H28N2O2. The number of rotatable bonds is 4. The van der Waals surface area contributed by atoms with E-state index in [0.717, 1.165) is 22.6 Å². The van der Waals surface area contributed by atoms with Crippen LogP contribution in [-0.2, 0) is 5.41 Å². The van der Waals surface area contributed by atoms with Gasteiger partial charge >= 0.3 is 6.03 Å². The molecule has 0 fully saturated rings. The molecule has 0 radical (unpaired) electrons. The van der Waals surface area contributed by atoms with Crippen LogP contribution < -0.4 is 15.4 Å². The fraction of sp³-hybridized carbons (Fsp3) is 0.381. The number of hydrogen-bond acceptors (Lipinski definition) is 2. The van der Waals surface area contributed by atoms with Crippen LogP contribution in [0.2, 0.25) is 0 Å². The zero-order valence-corrected chi connectivity index (χ0v) is 16.0. The summed E-state index contributed by atoms with van der Waals surface area (Å²) in [4.78, 5) is 12.0. The molecule has 2 N–H and O–H groups in total. The summed E-state index contributed by atoms with van der Waals surface area (Å²) in [5, 5.41) is 5.55. The number of nitrogens with one attached hydrogen (secondary N) is 2. The highest BCUT2D eigenvalue weighted by atomic mass is 16.5. The Morgan fingerprint density at radius 2 is 1.72 bits per heavy atom. The Kier molecular flexibility index (Phi) is 5.73. The maximum Gasteiger partial charge on any atom is 0.321 e.